The quantitative estimate of drug-likeness (QED) is 0.476. The molecule has 1 aliphatic heterocycles. The zero-order chi connectivity index (χ0) is 15.9. The lowest BCUT2D eigenvalue weighted by Gasteiger charge is -2.35. The van der Waals surface area contributed by atoms with Gasteiger partial charge in [0, 0.05) is 43.9 Å². The third-order valence-corrected chi connectivity index (χ3v) is 4.49. The number of hydrogen-bond acceptors (Lipinski definition) is 4. The summed E-state index contributed by atoms with van der Waals surface area (Å²) in [6.45, 7) is 8.03. The largest absolute Gasteiger partial charge is 0.314 e. The van der Waals surface area contributed by atoms with Gasteiger partial charge in [-0.2, -0.15) is 0 Å². The molecule has 1 fully saturated rings. The third kappa shape index (κ3) is 4.27. The van der Waals surface area contributed by atoms with Gasteiger partial charge in [-0.3, -0.25) is 15.0 Å². The number of nitro groups is 1. The number of unbranched alkanes of at least 4 members (excludes halogenated alkanes) is 2. The highest BCUT2D eigenvalue weighted by molar-refractivity contribution is 5.43. The number of nitrogens with one attached hydrogen (secondary N) is 1. The highest BCUT2D eigenvalue weighted by Gasteiger charge is 2.24. The van der Waals surface area contributed by atoms with Crippen LogP contribution < -0.4 is 5.32 Å². The van der Waals surface area contributed by atoms with E-state index in [1.807, 2.05) is 6.07 Å². The van der Waals surface area contributed by atoms with Gasteiger partial charge in [-0.1, -0.05) is 38.3 Å². The molecular weight excluding hydrogens is 278 g/mol. The fourth-order valence-electron chi connectivity index (χ4n) is 3.17. The average molecular weight is 305 g/mol. The Morgan fingerprint density at radius 2 is 2.05 bits per heavy atom. The Hall–Kier alpha value is -1.46. The third-order valence-electron chi connectivity index (χ3n) is 4.49. The Morgan fingerprint density at radius 3 is 2.68 bits per heavy atom. The van der Waals surface area contributed by atoms with Crippen LogP contribution >= 0.6 is 0 Å². The van der Waals surface area contributed by atoms with Gasteiger partial charge >= 0.3 is 0 Å². The van der Waals surface area contributed by atoms with Crippen LogP contribution in [0.5, 0.6) is 0 Å². The lowest BCUT2D eigenvalue weighted by molar-refractivity contribution is -0.385. The highest BCUT2D eigenvalue weighted by atomic mass is 16.6. The lowest BCUT2D eigenvalue weighted by atomic mass is 9.96. The van der Waals surface area contributed by atoms with Crippen LogP contribution in [0.25, 0.3) is 0 Å². The predicted molar refractivity (Wildman–Crippen MR) is 89.2 cm³/mol. The summed E-state index contributed by atoms with van der Waals surface area (Å²) < 4.78 is 0. The molecule has 5 heteroatoms. The molecule has 1 aromatic carbocycles. The summed E-state index contributed by atoms with van der Waals surface area (Å²) in [6.07, 6.45) is 4.67. The summed E-state index contributed by atoms with van der Waals surface area (Å²) in [4.78, 5) is 13.4. The number of nitro benzene ring substituents is 1. The Bertz CT molecular complexity index is 499. The minimum Gasteiger partial charge on any atom is -0.314 e. The summed E-state index contributed by atoms with van der Waals surface area (Å²) >= 11 is 0. The van der Waals surface area contributed by atoms with E-state index in [4.69, 9.17) is 0 Å². The number of rotatable bonds is 7. The molecule has 22 heavy (non-hydrogen) atoms. The molecule has 0 spiro atoms. The van der Waals surface area contributed by atoms with Crippen molar-refractivity contribution in [1.82, 2.24) is 10.2 Å². The standard InChI is InChI=1S/C17H27N3O2/c1-3-4-5-6-16(19-11-9-18-10-12-19)15-8-7-14(2)17(13-15)20(21)22/h7-8,13,16,18H,3-6,9-12H2,1-2H3/t16-/m0/s1. The van der Waals surface area contributed by atoms with Gasteiger partial charge in [0.2, 0.25) is 0 Å². The van der Waals surface area contributed by atoms with Crippen molar-refractivity contribution in [2.45, 2.75) is 45.6 Å². The van der Waals surface area contributed by atoms with Crippen LogP contribution in [-0.4, -0.2) is 36.0 Å². The first kappa shape index (κ1) is 16.9. The van der Waals surface area contributed by atoms with E-state index in [1.165, 1.54) is 19.3 Å². The van der Waals surface area contributed by atoms with E-state index in [9.17, 15) is 10.1 Å². The summed E-state index contributed by atoms with van der Waals surface area (Å²) in [5.41, 5.74) is 2.07. The van der Waals surface area contributed by atoms with E-state index in [-0.39, 0.29) is 10.6 Å². The molecule has 122 valence electrons. The van der Waals surface area contributed by atoms with Gasteiger partial charge < -0.3 is 5.32 Å². The average Bonchev–Trinajstić information content (AvgIpc) is 2.53. The van der Waals surface area contributed by atoms with Crippen LogP contribution in [-0.2, 0) is 0 Å². The van der Waals surface area contributed by atoms with E-state index in [1.54, 1.807) is 13.0 Å². The topological polar surface area (TPSA) is 58.4 Å². The fraction of sp³-hybridized carbons (Fsp3) is 0.647. The smallest absolute Gasteiger partial charge is 0.272 e. The second-order valence-electron chi connectivity index (χ2n) is 6.10. The van der Waals surface area contributed by atoms with Gasteiger partial charge in [0.05, 0.1) is 4.92 Å². The second-order valence-corrected chi connectivity index (χ2v) is 6.10. The van der Waals surface area contributed by atoms with Crippen molar-refractivity contribution in [2.75, 3.05) is 26.2 Å². The van der Waals surface area contributed by atoms with Crippen molar-refractivity contribution < 1.29 is 4.92 Å². The van der Waals surface area contributed by atoms with E-state index in [0.717, 1.165) is 43.7 Å². The molecule has 1 saturated heterocycles. The molecule has 2 rings (SSSR count). The SMILES string of the molecule is CCCCC[C@@H](c1ccc(C)c([N+](=O)[O-])c1)N1CCNCC1. The summed E-state index contributed by atoms with van der Waals surface area (Å²) in [6, 6.07) is 6.05. The molecule has 0 aliphatic carbocycles. The van der Waals surface area contributed by atoms with Crippen LogP contribution in [0.3, 0.4) is 0 Å². The highest BCUT2D eigenvalue weighted by Crippen LogP contribution is 2.30. The lowest BCUT2D eigenvalue weighted by Crippen LogP contribution is -2.45. The van der Waals surface area contributed by atoms with Crippen molar-refractivity contribution in [2.24, 2.45) is 0 Å². The maximum atomic E-state index is 11.2. The maximum Gasteiger partial charge on any atom is 0.272 e. The zero-order valence-electron chi connectivity index (χ0n) is 13.7. The van der Waals surface area contributed by atoms with Gasteiger partial charge in [-0.25, -0.2) is 0 Å². The molecule has 1 N–H and O–H groups in total. The molecule has 1 heterocycles. The summed E-state index contributed by atoms with van der Waals surface area (Å²) in [5.74, 6) is 0. The first-order valence-electron chi connectivity index (χ1n) is 8.33. The van der Waals surface area contributed by atoms with Crippen LogP contribution in [0.1, 0.15) is 49.8 Å². The molecule has 1 atom stereocenters. The fourth-order valence-corrected chi connectivity index (χ4v) is 3.17. The predicted octanol–water partition coefficient (Wildman–Crippen LogP) is 3.43. The van der Waals surface area contributed by atoms with Crippen molar-refractivity contribution in [3.8, 4) is 0 Å². The van der Waals surface area contributed by atoms with Gasteiger partial charge in [-0.05, 0) is 18.9 Å². The van der Waals surface area contributed by atoms with Crippen molar-refractivity contribution in [1.29, 1.82) is 0 Å². The molecule has 5 nitrogen and oxygen atoms in total. The molecule has 0 radical (unpaired) electrons. The first-order valence-corrected chi connectivity index (χ1v) is 8.33. The molecule has 0 saturated carbocycles. The maximum absolute atomic E-state index is 11.2. The van der Waals surface area contributed by atoms with Crippen molar-refractivity contribution in [3.63, 3.8) is 0 Å². The monoisotopic (exact) mass is 305 g/mol. The second kappa shape index (κ2) is 8.25. The molecule has 0 aromatic heterocycles. The van der Waals surface area contributed by atoms with Crippen LogP contribution in [0.15, 0.2) is 18.2 Å². The van der Waals surface area contributed by atoms with E-state index >= 15 is 0 Å². The normalized spacial score (nSPS) is 17.4. The van der Waals surface area contributed by atoms with E-state index in [0.29, 0.717) is 6.04 Å². The molecule has 0 bridgehead atoms. The van der Waals surface area contributed by atoms with Crippen molar-refractivity contribution >= 4 is 5.69 Å². The number of aryl methyl sites for hydroxylation is 1. The Kier molecular flexibility index (Phi) is 6.34. The zero-order valence-corrected chi connectivity index (χ0v) is 13.7. The summed E-state index contributed by atoms with van der Waals surface area (Å²) in [5, 5.41) is 14.6. The Labute approximate surface area is 132 Å². The number of hydrogen-bond donors (Lipinski definition) is 1. The molecule has 0 amide bonds. The number of piperazine rings is 1. The van der Waals surface area contributed by atoms with Gasteiger partial charge in [0.1, 0.15) is 0 Å². The minimum atomic E-state index is -0.264. The Balaban J connectivity index is 2.22. The van der Waals surface area contributed by atoms with Crippen LogP contribution in [0, 0.1) is 17.0 Å². The minimum absolute atomic E-state index is 0.244. The molecule has 0 unspecified atom stereocenters. The molecule has 1 aromatic rings. The molecular formula is C17H27N3O2. The van der Waals surface area contributed by atoms with Gasteiger partial charge in [0.25, 0.3) is 5.69 Å². The number of benzene rings is 1. The molecule has 1 aliphatic rings. The van der Waals surface area contributed by atoms with Crippen LogP contribution in [0.4, 0.5) is 5.69 Å². The number of nitrogens with zero attached hydrogens (tertiary/aromatic N) is 2. The van der Waals surface area contributed by atoms with Crippen LogP contribution in [0.2, 0.25) is 0 Å². The van der Waals surface area contributed by atoms with Gasteiger partial charge in [0.15, 0.2) is 0 Å². The first-order chi connectivity index (χ1) is 10.6. The van der Waals surface area contributed by atoms with E-state index in [2.05, 4.69) is 23.2 Å². The Morgan fingerprint density at radius 1 is 1.32 bits per heavy atom. The van der Waals surface area contributed by atoms with Crippen molar-refractivity contribution in [3.05, 3.63) is 39.4 Å². The summed E-state index contributed by atoms with van der Waals surface area (Å²) in [7, 11) is 0. The van der Waals surface area contributed by atoms with Gasteiger partial charge in [-0.15, -0.1) is 0 Å². The van der Waals surface area contributed by atoms with E-state index < -0.39 is 0 Å².